The lowest BCUT2D eigenvalue weighted by molar-refractivity contribution is 0.103. The largest absolute Gasteiger partial charge is 0.300 e. The number of nitrogens with zero attached hydrogens (tertiary/aromatic N) is 2. The topological polar surface area (TPSA) is 6.48 Å². The molecule has 2 heterocycles. The lowest BCUT2D eigenvalue weighted by atomic mass is 9.95. The number of thiol groups is 1. The molecule has 0 aromatic carbocycles. The van der Waals surface area contributed by atoms with Gasteiger partial charge in [0.1, 0.15) is 0 Å². The van der Waals surface area contributed by atoms with Gasteiger partial charge in [0.2, 0.25) is 0 Å². The molecule has 0 aromatic heterocycles. The smallest absolute Gasteiger partial charge is 0.0120 e. The second-order valence-electron chi connectivity index (χ2n) is 4.90. The van der Waals surface area contributed by atoms with Crippen molar-refractivity contribution in [3.63, 3.8) is 0 Å². The maximum Gasteiger partial charge on any atom is 0.0120 e. The summed E-state index contributed by atoms with van der Waals surface area (Å²) in [6.45, 7) is 7.38. The summed E-state index contributed by atoms with van der Waals surface area (Å²) in [6.07, 6.45) is 5.44. The van der Waals surface area contributed by atoms with Crippen molar-refractivity contribution < 1.29 is 0 Å². The Hall–Kier alpha value is 0.270. The van der Waals surface area contributed by atoms with Crippen molar-refractivity contribution in [2.45, 2.75) is 38.6 Å². The van der Waals surface area contributed by atoms with Crippen molar-refractivity contribution in [1.82, 2.24) is 9.21 Å². The fourth-order valence-electron chi connectivity index (χ4n) is 2.61. The zero-order valence-corrected chi connectivity index (χ0v) is 10.0. The third-order valence-electron chi connectivity index (χ3n) is 3.78. The number of piperidine rings is 2. The average Bonchev–Trinajstić information content (AvgIpc) is 2.21. The highest BCUT2D eigenvalue weighted by atomic mass is 32.1. The van der Waals surface area contributed by atoms with Gasteiger partial charge in [0.05, 0.1) is 0 Å². The Morgan fingerprint density at radius 3 is 2.07 bits per heavy atom. The summed E-state index contributed by atoms with van der Waals surface area (Å²) in [5.74, 6) is 0.955. The Bertz CT molecular complexity index is 150. The maximum atomic E-state index is 4.39. The zero-order valence-electron chi connectivity index (χ0n) is 9.15. The molecule has 0 radical (unpaired) electrons. The third-order valence-corrected chi connectivity index (χ3v) is 4.18. The predicted octanol–water partition coefficient (Wildman–Crippen LogP) is 2.03. The molecule has 0 bridgehead atoms. The molecular weight excluding hydrogens is 192 g/mol. The van der Waals surface area contributed by atoms with Crippen LogP contribution in [0.15, 0.2) is 0 Å². The minimum Gasteiger partial charge on any atom is -0.300 e. The van der Waals surface area contributed by atoms with Gasteiger partial charge in [0.15, 0.2) is 0 Å². The van der Waals surface area contributed by atoms with Crippen LogP contribution < -0.4 is 0 Å². The van der Waals surface area contributed by atoms with Crippen LogP contribution in [0.2, 0.25) is 0 Å². The van der Waals surface area contributed by atoms with E-state index in [-0.39, 0.29) is 0 Å². The lowest BCUT2D eigenvalue weighted by Crippen LogP contribution is -2.45. The van der Waals surface area contributed by atoms with E-state index in [0.29, 0.717) is 0 Å². The number of hydrogen-bond acceptors (Lipinski definition) is 3. The van der Waals surface area contributed by atoms with Crippen LogP contribution in [0, 0.1) is 5.92 Å². The number of hydrogen-bond donors (Lipinski definition) is 1. The molecule has 0 aromatic rings. The molecule has 3 heteroatoms. The van der Waals surface area contributed by atoms with Gasteiger partial charge in [-0.3, -0.25) is 4.31 Å². The molecule has 0 unspecified atom stereocenters. The van der Waals surface area contributed by atoms with E-state index in [1.54, 1.807) is 0 Å². The molecule has 0 atom stereocenters. The quantitative estimate of drug-likeness (QED) is 0.667. The van der Waals surface area contributed by atoms with E-state index < -0.39 is 0 Å². The van der Waals surface area contributed by atoms with Crippen LogP contribution in [-0.4, -0.2) is 41.4 Å². The van der Waals surface area contributed by atoms with Crippen LogP contribution in [0.5, 0.6) is 0 Å². The van der Waals surface area contributed by atoms with Gasteiger partial charge in [-0.25, -0.2) is 0 Å². The van der Waals surface area contributed by atoms with E-state index in [1.807, 2.05) is 0 Å². The van der Waals surface area contributed by atoms with Crippen molar-refractivity contribution in [1.29, 1.82) is 0 Å². The first kappa shape index (κ1) is 10.8. The second kappa shape index (κ2) is 4.86. The van der Waals surface area contributed by atoms with Gasteiger partial charge in [0.25, 0.3) is 0 Å². The molecule has 2 fully saturated rings. The summed E-state index contributed by atoms with van der Waals surface area (Å²) in [6, 6.07) is 0.853. The monoisotopic (exact) mass is 214 g/mol. The molecule has 0 saturated carbocycles. The van der Waals surface area contributed by atoms with Crippen molar-refractivity contribution in [3.05, 3.63) is 0 Å². The van der Waals surface area contributed by atoms with Gasteiger partial charge in [0, 0.05) is 19.1 Å². The number of likely N-dealkylation sites (tertiary alicyclic amines) is 1. The van der Waals surface area contributed by atoms with E-state index in [2.05, 4.69) is 28.9 Å². The van der Waals surface area contributed by atoms with Crippen LogP contribution in [0.25, 0.3) is 0 Å². The van der Waals surface area contributed by atoms with E-state index in [4.69, 9.17) is 0 Å². The molecule has 14 heavy (non-hydrogen) atoms. The summed E-state index contributed by atoms with van der Waals surface area (Å²) in [5.41, 5.74) is 0. The maximum absolute atomic E-state index is 4.39. The Labute approximate surface area is 93.2 Å². The van der Waals surface area contributed by atoms with Crippen molar-refractivity contribution in [2.24, 2.45) is 5.92 Å². The third kappa shape index (κ3) is 2.65. The minimum absolute atomic E-state index is 0.853. The molecule has 2 rings (SSSR count). The number of rotatable bonds is 1. The molecule has 0 aliphatic carbocycles. The van der Waals surface area contributed by atoms with Gasteiger partial charge in [-0.1, -0.05) is 19.7 Å². The highest BCUT2D eigenvalue weighted by molar-refractivity contribution is 7.77. The van der Waals surface area contributed by atoms with Crippen molar-refractivity contribution in [2.75, 3.05) is 26.2 Å². The van der Waals surface area contributed by atoms with E-state index in [9.17, 15) is 0 Å². The standard InChI is InChI=1S/C11H22N2S/c1-10-2-6-12(7-3-10)11-4-8-13(14)9-5-11/h10-11,14H,2-9H2,1H3. The average molecular weight is 214 g/mol. The predicted molar refractivity (Wildman–Crippen MR) is 63.6 cm³/mol. The summed E-state index contributed by atoms with van der Waals surface area (Å²) >= 11 is 4.39. The SMILES string of the molecule is CC1CCN(C2CCN(S)CC2)CC1. The lowest BCUT2D eigenvalue weighted by Gasteiger charge is -2.40. The summed E-state index contributed by atoms with van der Waals surface area (Å²) in [5, 5.41) is 0. The fourth-order valence-corrected chi connectivity index (χ4v) is 2.84. The van der Waals surface area contributed by atoms with Gasteiger partial charge in [-0.15, -0.1) is 0 Å². The van der Waals surface area contributed by atoms with Gasteiger partial charge >= 0.3 is 0 Å². The molecule has 2 nitrogen and oxygen atoms in total. The molecule has 2 aliphatic heterocycles. The first-order chi connectivity index (χ1) is 6.75. The Balaban J connectivity index is 1.78. The van der Waals surface area contributed by atoms with Crippen LogP contribution in [0.4, 0.5) is 0 Å². The molecule has 0 N–H and O–H groups in total. The Morgan fingerprint density at radius 2 is 1.50 bits per heavy atom. The van der Waals surface area contributed by atoms with Crippen molar-refractivity contribution in [3.8, 4) is 0 Å². The second-order valence-corrected chi connectivity index (χ2v) is 5.47. The van der Waals surface area contributed by atoms with E-state index in [1.165, 1.54) is 51.9 Å². The molecule has 2 saturated heterocycles. The normalized spacial score (nSPS) is 29.6. The highest BCUT2D eigenvalue weighted by Gasteiger charge is 2.25. The Kier molecular flexibility index (Phi) is 3.74. The molecule has 82 valence electrons. The Morgan fingerprint density at radius 1 is 0.929 bits per heavy atom. The molecular formula is C11H22N2S. The van der Waals surface area contributed by atoms with Crippen LogP contribution in [0.1, 0.15) is 32.6 Å². The van der Waals surface area contributed by atoms with Crippen molar-refractivity contribution >= 4 is 12.8 Å². The molecule has 0 amide bonds. The van der Waals surface area contributed by atoms with Gasteiger partial charge in [-0.2, -0.15) is 0 Å². The summed E-state index contributed by atoms with van der Waals surface area (Å²) in [4.78, 5) is 2.71. The fraction of sp³-hybridized carbons (Fsp3) is 1.00. The van der Waals surface area contributed by atoms with Crippen LogP contribution in [0.3, 0.4) is 0 Å². The van der Waals surface area contributed by atoms with Crippen LogP contribution in [-0.2, 0) is 0 Å². The summed E-state index contributed by atoms with van der Waals surface area (Å²) in [7, 11) is 0. The van der Waals surface area contributed by atoms with E-state index in [0.717, 1.165) is 12.0 Å². The molecule has 0 spiro atoms. The first-order valence-electron chi connectivity index (χ1n) is 5.93. The zero-order chi connectivity index (χ0) is 9.97. The molecule has 2 aliphatic rings. The van der Waals surface area contributed by atoms with Crippen LogP contribution >= 0.6 is 12.8 Å². The van der Waals surface area contributed by atoms with Gasteiger partial charge in [-0.05, 0) is 44.7 Å². The van der Waals surface area contributed by atoms with Gasteiger partial charge < -0.3 is 4.90 Å². The first-order valence-corrected chi connectivity index (χ1v) is 6.33. The highest BCUT2D eigenvalue weighted by Crippen LogP contribution is 2.23. The minimum atomic E-state index is 0.853. The summed E-state index contributed by atoms with van der Waals surface area (Å²) < 4.78 is 2.16. The van der Waals surface area contributed by atoms with E-state index >= 15 is 0 Å².